The van der Waals surface area contributed by atoms with Crippen LogP contribution in [0.2, 0.25) is 0 Å². The highest BCUT2D eigenvalue weighted by Crippen LogP contribution is 2.69. The van der Waals surface area contributed by atoms with Gasteiger partial charge in [-0.1, -0.05) is 51.1 Å². The zero-order chi connectivity index (χ0) is 12.0. The van der Waals surface area contributed by atoms with Crippen LogP contribution in [-0.4, -0.2) is 11.1 Å². The van der Waals surface area contributed by atoms with Crippen LogP contribution >= 0.6 is 0 Å². The standard InChI is InChI=1S/C14H18O2/c1-10(11-7-5-4-6-8-11)14(12(15)16)9-13(14,2)3/h4-8,10H,9H2,1-3H3,(H,15,16). The zero-order valence-electron chi connectivity index (χ0n) is 10.0. The van der Waals surface area contributed by atoms with E-state index in [1.807, 2.05) is 51.1 Å². The van der Waals surface area contributed by atoms with Crippen LogP contribution in [0, 0.1) is 10.8 Å². The van der Waals surface area contributed by atoms with E-state index in [0.717, 1.165) is 12.0 Å². The lowest BCUT2D eigenvalue weighted by molar-refractivity contribution is -0.145. The van der Waals surface area contributed by atoms with Crippen molar-refractivity contribution >= 4 is 5.97 Å². The maximum Gasteiger partial charge on any atom is 0.310 e. The van der Waals surface area contributed by atoms with Crippen LogP contribution < -0.4 is 0 Å². The summed E-state index contributed by atoms with van der Waals surface area (Å²) in [6.45, 7) is 6.11. The minimum atomic E-state index is -0.658. The number of hydrogen-bond donors (Lipinski definition) is 1. The molecule has 2 atom stereocenters. The third kappa shape index (κ3) is 1.36. The molecule has 1 aliphatic carbocycles. The first kappa shape index (κ1) is 11.2. The molecule has 86 valence electrons. The molecule has 16 heavy (non-hydrogen) atoms. The van der Waals surface area contributed by atoms with E-state index in [0.29, 0.717) is 0 Å². The molecule has 0 heterocycles. The van der Waals surface area contributed by atoms with E-state index in [1.165, 1.54) is 0 Å². The van der Waals surface area contributed by atoms with Gasteiger partial charge in [0.15, 0.2) is 0 Å². The molecule has 0 saturated heterocycles. The molecule has 1 saturated carbocycles. The second-order valence-electron chi connectivity index (χ2n) is 5.47. The van der Waals surface area contributed by atoms with Crippen LogP contribution in [0.4, 0.5) is 0 Å². The number of carbonyl (C=O) groups is 1. The Balaban J connectivity index is 2.35. The van der Waals surface area contributed by atoms with Crippen LogP contribution in [0.1, 0.15) is 38.7 Å². The van der Waals surface area contributed by atoms with Crippen LogP contribution in [0.3, 0.4) is 0 Å². The molecular formula is C14H18O2. The van der Waals surface area contributed by atoms with E-state index in [4.69, 9.17) is 0 Å². The van der Waals surface area contributed by atoms with E-state index in [2.05, 4.69) is 0 Å². The second-order valence-corrected chi connectivity index (χ2v) is 5.47. The van der Waals surface area contributed by atoms with Gasteiger partial charge in [0.25, 0.3) is 0 Å². The summed E-state index contributed by atoms with van der Waals surface area (Å²) in [4.78, 5) is 11.5. The monoisotopic (exact) mass is 218 g/mol. The highest BCUT2D eigenvalue weighted by molar-refractivity contribution is 5.81. The molecule has 0 aromatic heterocycles. The average Bonchev–Trinajstić information content (AvgIpc) is 2.84. The van der Waals surface area contributed by atoms with E-state index >= 15 is 0 Å². The fraction of sp³-hybridized carbons (Fsp3) is 0.500. The fourth-order valence-electron chi connectivity index (χ4n) is 2.97. The van der Waals surface area contributed by atoms with E-state index in [1.54, 1.807) is 0 Å². The van der Waals surface area contributed by atoms with Gasteiger partial charge in [-0.3, -0.25) is 4.79 Å². The molecule has 0 aliphatic heterocycles. The highest BCUT2D eigenvalue weighted by Gasteiger charge is 2.69. The zero-order valence-corrected chi connectivity index (χ0v) is 10.0. The molecule has 1 aromatic carbocycles. The molecule has 0 amide bonds. The van der Waals surface area contributed by atoms with Crippen molar-refractivity contribution in [1.82, 2.24) is 0 Å². The highest BCUT2D eigenvalue weighted by atomic mass is 16.4. The lowest BCUT2D eigenvalue weighted by Gasteiger charge is -2.23. The quantitative estimate of drug-likeness (QED) is 0.845. The predicted octanol–water partition coefficient (Wildman–Crippen LogP) is 3.29. The van der Waals surface area contributed by atoms with Crippen molar-refractivity contribution in [2.75, 3.05) is 0 Å². The lowest BCUT2D eigenvalue weighted by Crippen LogP contribution is -2.26. The second kappa shape index (κ2) is 3.34. The van der Waals surface area contributed by atoms with Gasteiger partial charge < -0.3 is 5.11 Å². The largest absolute Gasteiger partial charge is 0.481 e. The molecule has 1 N–H and O–H groups in total. The molecule has 1 fully saturated rings. The molecular weight excluding hydrogens is 200 g/mol. The third-order valence-corrected chi connectivity index (χ3v) is 4.22. The fourth-order valence-corrected chi connectivity index (χ4v) is 2.97. The summed E-state index contributed by atoms with van der Waals surface area (Å²) in [5, 5.41) is 9.47. The summed E-state index contributed by atoms with van der Waals surface area (Å²) in [5.74, 6) is -0.588. The Labute approximate surface area is 96.3 Å². The van der Waals surface area contributed by atoms with Gasteiger partial charge in [-0.05, 0) is 23.3 Å². The molecule has 1 aliphatic rings. The van der Waals surface area contributed by atoms with Crippen molar-refractivity contribution in [3.8, 4) is 0 Å². The maximum absolute atomic E-state index is 11.5. The topological polar surface area (TPSA) is 37.3 Å². The van der Waals surface area contributed by atoms with Gasteiger partial charge in [0.1, 0.15) is 0 Å². The summed E-state index contributed by atoms with van der Waals surface area (Å²) in [5.41, 5.74) is 0.457. The minimum Gasteiger partial charge on any atom is -0.481 e. The first-order valence-electron chi connectivity index (χ1n) is 5.70. The summed E-state index contributed by atoms with van der Waals surface area (Å²) < 4.78 is 0. The van der Waals surface area contributed by atoms with E-state index < -0.39 is 11.4 Å². The molecule has 0 bridgehead atoms. The van der Waals surface area contributed by atoms with Gasteiger partial charge in [0.2, 0.25) is 0 Å². The van der Waals surface area contributed by atoms with E-state index in [9.17, 15) is 9.90 Å². The van der Waals surface area contributed by atoms with Crippen molar-refractivity contribution in [3.05, 3.63) is 35.9 Å². The molecule has 2 heteroatoms. The summed E-state index contributed by atoms with van der Waals surface area (Å²) in [6, 6.07) is 9.93. The number of rotatable bonds is 3. The minimum absolute atomic E-state index is 0.0706. The smallest absolute Gasteiger partial charge is 0.310 e. The first-order chi connectivity index (χ1) is 7.42. The van der Waals surface area contributed by atoms with Gasteiger partial charge in [-0.2, -0.15) is 0 Å². The van der Waals surface area contributed by atoms with Crippen molar-refractivity contribution in [3.63, 3.8) is 0 Å². The molecule has 2 unspecified atom stereocenters. The number of carboxylic acid groups (broad SMARTS) is 1. The van der Waals surface area contributed by atoms with Gasteiger partial charge in [-0.25, -0.2) is 0 Å². The number of aliphatic carboxylic acids is 1. The molecule has 2 rings (SSSR count). The van der Waals surface area contributed by atoms with Crippen molar-refractivity contribution in [1.29, 1.82) is 0 Å². The summed E-state index contributed by atoms with van der Waals surface area (Å²) in [6.07, 6.45) is 0.769. The Morgan fingerprint density at radius 3 is 2.19 bits per heavy atom. The Bertz CT molecular complexity index is 408. The van der Waals surface area contributed by atoms with Crippen LogP contribution in [-0.2, 0) is 4.79 Å². The lowest BCUT2D eigenvalue weighted by atomic mass is 9.79. The number of hydrogen-bond acceptors (Lipinski definition) is 1. The summed E-state index contributed by atoms with van der Waals surface area (Å²) in [7, 11) is 0. The van der Waals surface area contributed by atoms with Crippen molar-refractivity contribution < 1.29 is 9.90 Å². The average molecular weight is 218 g/mol. The number of carboxylic acids is 1. The predicted molar refractivity (Wildman–Crippen MR) is 63.3 cm³/mol. The Morgan fingerprint density at radius 1 is 1.31 bits per heavy atom. The normalized spacial score (nSPS) is 28.4. The van der Waals surface area contributed by atoms with E-state index in [-0.39, 0.29) is 11.3 Å². The Hall–Kier alpha value is -1.31. The number of benzene rings is 1. The molecule has 1 aromatic rings. The summed E-state index contributed by atoms with van der Waals surface area (Å²) >= 11 is 0. The van der Waals surface area contributed by atoms with Crippen molar-refractivity contribution in [2.24, 2.45) is 10.8 Å². The van der Waals surface area contributed by atoms with Gasteiger partial charge in [0.05, 0.1) is 5.41 Å². The molecule has 0 spiro atoms. The van der Waals surface area contributed by atoms with Gasteiger partial charge in [-0.15, -0.1) is 0 Å². The third-order valence-electron chi connectivity index (χ3n) is 4.22. The van der Waals surface area contributed by atoms with Gasteiger partial charge >= 0.3 is 5.97 Å². The van der Waals surface area contributed by atoms with Crippen LogP contribution in [0.25, 0.3) is 0 Å². The SMILES string of the molecule is CC(c1ccccc1)C1(C(=O)O)CC1(C)C. The Kier molecular flexibility index (Phi) is 2.33. The van der Waals surface area contributed by atoms with Crippen molar-refractivity contribution in [2.45, 2.75) is 33.1 Å². The maximum atomic E-state index is 11.5. The first-order valence-corrected chi connectivity index (χ1v) is 5.70. The Morgan fingerprint density at radius 2 is 1.81 bits per heavy atom. The van der Waals surface area contributed by atoms with Gasteiger partial charge in [0, 0.05) is 0 Å². The molecule has 0 radical (unpaired) electrons. The van der Waals surface area contributed by atoms with Crippen LogP contribution in [0.5, 0.6) is 0 Å². The molecule has 2 nitrogen and oxygen atoms in total. The van der Waals surface area contributed by atoms with Crippen LogP contribution in [0.15, 0.2) is 30.3 Å².